The Bertz CT molecular complexity index is 750. The highest BCUT2D eigenvalue weighted by molar-refractivity contribution is 5.80. The van der Waals surface area contributed by atoms with Gasteiger partial charge in [0.15, 0.2) is 0 Å². The number of benzene rings is 1. The van der Waals surface area contributed by atoms with E-state index >= 15 is 0 Å². The van der Waals surface area contributed by atoms with Crippen molar-refractivity contribution in [1.82, 2.24) is 10.3 Å². The third-order valence-corrected chi connectivity index (χ3v) is 5.17. The molecule has 4 atom stereocenters. The fourth-order valence-corrected chi connectivity index (χ4v) is 3.89. The number of methoxy groups -OCH3 is 1. The van der Waals surface area contributed by atoms with E-state index in [2.05, 4.69) is 10.3 Å². The zero-order valence-corrected chi connectivity index (χ0v) is 14.2. The number of amides is 1. The third-order valence-electron chi connectivity index (χ3n) is 5.17. The molecule has 2 aliphatic rings. The minimum atomic E-state index is -0.254. The molecule has 4 rings (SSSR count). The molecule has 0 radical (unpaired) electrons. The second-order valence-corrected chi connectivity index (χ2v) is 6.72. The predicted octanol–water partition coefficient (Wildman–Crippen LogP) is 2.86. The van der Waals surface area contributed by atoms with Crippen molar-refractivity contribution in [2.24, 2.45) is 5.92 Å². The van der Waals surface area contributed by atoms with E-state index in [1.807, 2.05) is 36.4 Å². The Balaban J connectivity index is 1.60. The molecule has 3 heterocycles. The molecule has 2 aliphatic heterocycles. The Morgan fingerprint density at radius 2 is 2.16 bits per heavy atom. The average molecular weight is 338 g/mol. The molecule has 2 bridgehead atoms. The lowest BCUT2D eigenvalue weighted by Gasteiger charge is -2.24. The van der Waals surface area contributed by atoms with Gasteiger partial charge in [0.2, 0.25) is 5.91 Å². The van der Waals surface area contributed by atoms with Gasteiger partial charge in [-0.2, -0.15) is 0 Å². The summed E-state index contributed by atoms with van der Waals surface area (Å²) < 4.78 is 11.2. The normalized spacial score (nSPS) is 25.6. The van der Waals surface area contributed by atoms with Gasteiger partial charge in [-0.05, 0) is 48.6 Å². The maximum absolute atomic E-state index is 12.9. The molecular formula is C20H22N2O3. The molecular weight excluding hydrogens is 316 g/mol. The number of hydrogen-bond donors (Lipinski definition) is 1. The Labute approximate surface area is 147 Å². The molecule has 5 nitrogen and oxygen atoms in total. The summed E-state index contributed by atoms with van der Waals surface area (Å²) in [5.74, 6) is 0.774. The van der Waals surface area contributed by atoms with E-state index in [4.69, 9.17) is 9.47 Å². The Kier molecular flexibility index (Phi) is 4.40. The number of fused-ring (bicyclic) bond motifs is 2. The van der Waals surface area contributed by atoms with Crippen molar-refractivity contribution in [2.45, 2.75) is 37.5 Å². The zero-order valence-electron chi connectivity index (χ0n) is 14.2. The van der Waals surface area contributed by atoms with Crippen LogP contribution in [0.25, 0.3) is 0 Å². The predicted molar refractivity (Wildman–Crippen MR) is 93.2 cm³/mol. The molecule has 4 unspecified atom stereocenters. The molecule has 1 aromatic heterocycles. The monoisotopic (exact) mass is 338 g/mol. The van der Waals surface area contributed by atoms with E-state index in [0.29, 0.717) is 0 Å². The van der Waals surface area contributed by atoms with E-state index in [1.165, 1.54) is 0 Å². The lowest BCUT2D eigenvalue weighted by Crippen LogP contribution is -2.38. The quantitative estimate of drug-likeness (QED) is 0.911. The fraction of sp³-hybridized carbons (Fsp3) is 0.400. The Morgan fingerprint density at radius 1 is 1.28 bits per heavy atom. The van der Waals surface area contributed by atoms with Gasteiger partial charge in [-0.3, -0.25) is 9.78 Å². The Morgan fingerprint density at radius 3 is 2.84 bits per heavy atom. The molecule has 0 saturated carbocycles. The molecule has 2 saturated heterocycles. The van der Waals surface area contributed by atoms with Crippen LogP contribution >= 0.6 is 0 Å². The molecule has 130 valence electrons. The van der Waals surface area contributed by atoms with Crippen molar-refractivity contribution in [3.8, 4) is 5.75 Å². The van der Waals surface area contributed by atoms with Gasteiger partial charge >= 0.3 is 0 Å². The number of hydrogen-bond acceptors (Lipinski definition) is 4. The van der Waals surface area contributed by atoms with Crippen LogP contribution in [0.2, 0.25) is 0 Å². The SMILES string of the molecule is COc1cccc(C(NC(=O)C2CC3CCC2O3)c2cccnc2)c1. The first-order valence-electron chi connectivity index (χ1n) is 8.74. The van der Waals surface area contributed by atoms with E-state index < -0.39 is 0 Å². The Hall–Kier alpha value is -2.40. The number of aromatic nitrogens is 1. The summed E-state index contributed by atoms with van der Waals surface area (Å²) in [5.41, 5.74) is 1.93. The largest absolute Gasteiger partial charge is 0.497 e. The summed E-state index contributed by atoms with van der Waals surface area (Å²) in [5, 5.41) is 3.21. The van der Waals surface area contributed by atoms with Crippen molar-refractivity contribution in [2.75, 3.05) is 7.11 Å². The van der Waals surface area contributed by atoms with Gasteiger partial charge in [0.25, 0.3) is 0 Å². The van der Waals surface area contributed by atoms with E-state index in [0.717, 1.165) is 36.1 Å². The molecule has 2 fully saturated rings. The molecule has 2 aromatic rings. The number of carbonyl (C=O) groups excluding carboxylic acids is 1. The van der Waals surface area contributed by atoms with Crippen LogP contribution in [0.1, 0.15) is 36.4 Å². The maximum Gasteiger partial charge on any atom is 0.226 e. The number of pyridine rings is 1. The molecule has 0 aliphatic carbocycles. The van der Waals surface area contributed by atoms with Gasteiger partial charge in [-0.15, -0.1) is 0 Å². The summed E-state index contributed by atoms with van der Waals surface area (Å²) in [7, 11) is 1.64. The number of carbonyl (C=O) groups is 1. The first kappa shape index (κ1) is 16.1. The molecule has 0 spiro atoms. The topological polar surface area (TPSA) is 60.5 Å². The van der Waals surface area contributed by atoms with Crippen LogP contribution in [-0.4, -0.2) is 30.2 Å². The highest BCUT2D eigenvalue weighted by atomic mass is 16.5. The van der Waals surface area contributed by atoms with Crippen molar-refractivity contribution in [1.29, 1.82) is 0 Å². The zero-order chi connectivity index (χ0) is 17.2. The van der Waals surface area contributed by atoms with E-state index in [9.17, 15) is 4.79 Å². The van der Waals surface area contributed by atoms with Crippen LogP contribution in [0, 0.1) is 5.92 Å². The van der Waals surface area contributed by atoms with Crippen LogP contribution in [0.3, 0.4) is 0 Å². The summed E-state index contributed by atoms with van der Waals surface area (Å²) in [6.45, 7) is 0. The van der Waals surface area contributed by atoms with Crippen molar-refractivity contribution < 1.29 is 14.3 Å². The maximum atomic E-state index is 12.9. The van der Waals surface area contributed by atoms with Gasteiger partial charge in [-0.1, -0.05) is 18.2 Å². The van der Waals surface area contributed by atoms with E-state index in [1.54, 1.807) is 19.5 Å². The van der Waals surface area contributed by atoms with Crippen LogP contribution in [0.15, 0.2) is 48.8 Å². The minimum Gasteiger partial charge on any atom is -0.497 e. The molecule has 1 N–H and O–H groups in total. The van der Waals surface area contributed by atoms with Crippen LogP contribution in [-0.2, 0) is 9.53 Å². The summed E-state index contributed by atoms with van der Waals surface area (Å²) in [4.78, 5) is 17.1. The van der Waals surface area contributed by atoms with Crippen LogP contribution in [0.4, 0.5) is 0 Å². The molecule has 1 amide bonds. The smallest absolute Gasteiger partial charge is 0.226 e. The summed E-state index contributed by atoms with van der Waals surface area (Å²) in [6, 6.07) is 11.4. The third kappa shape index (κ3) is 3.24. The van der Waals surface area contributed by atoms with Gasteiger partial charge in [0.05, 0.1) is 31.3 Å². The second-order valence-electron chi connectivity index (χ2n) is 6.72. The second kappa shape index (κ2) is 6.84. The van der Waals surface area contributed by atoms with Crippen molar-refractivity contribution >= 4 is 5.91 Å². The minimum absolute atomic E-state index is 0.0523. The molecule has 1 aromatic carbocycles. The highest BCUT2D eigenvalue weighted by Gasteiger charge is 2.44. The van der Waals surface area contributed by atoms with Crippen molar-refractivity contribution in [3.05, 3.63) is 59.9 Å². The van der Waals surface area contributed by atoms with Crippen molar-refractivity contribution in [3.63, 3.8) is 0 Å². The van der Waals surface area contributed by atoms with Crippen LogP contribution in [0.5, 0.6) is 5.75 Å². The summed E-state index contributed by atoms with van der Waals surface area (Å²) >= 11 is 0. The highest BCUT2D eigenvalue weighted by Crippen LogP contribution is 2.39. The van der Waals surface area contributed by atoms with Crippen LogP contribution < -0.4 is 10.1 Å². The van der Waals surface area contributed by atoms with Gasteiger partial charge in [-0.25, -0.2) is 0 Å². The lowest BCUT2D eigenvalue weighted by molar-refractivity contribution is -0.127. The molecule has 25 heavy (non-hydrogen) atoms. The van der Waals surface area contributed by atoms with Gasteiger partial charge < -0.3 is 14.8 Å². The number of rotatable bonds is 5. The lowest BCUT2D eigenvalue weighted by atomic mass is 9.88. The average Bonchev–Trinajstić information content (AvgIpc) is 3.30. The number of nitrogens with zero attached hydrogens (tertiary/aromatic N) is 1. The van der Waals surface area contributed by atoms with E-state index in [-0.39, 0.29) is 30.1 Å². The summed E-state index contributed by atoms with van der Waals surface area (Å²) in [6.07, 6.45) is 6.75. The first-order chi connectivity index (χ1) is 12.2. The fourth-order valence-electron chi connectivity index (χ4n) is 3.89. The van der Waals surface area contributed by atoms with Gasteiger partial charge in [0.1, 0.15) is 5.75 Å². The first-order valence-corrected chi connectivity index (χ1v) is 8.74. The standard InChI is InChI=1S/C20H22N2O3/c1-24-15-6-2-4-13(10-15)19(14-5-3-9-21-12-14)22-20(23)17-11-16-7-8-18(17)25-16/h2-6,9-10,12,16-19H,7-8,11H2,1H3,(H,22,23). The number of ether oxygens (including phenoxy) is 2. The molecule has 5 heteroatoms. The number of nitrogens with one attached hydrogen (secondary N) is 1. The van der Waals surface area contributed by atoms with Gasteiger partial charge in [0, 0.05) is 12.4 Å².